The SMILES string of the molecule is CCCCN(CCCC)C(=O)CN1CC(c2ccc3c(c2)OCO3)C(C(=O)O)C1C=CCO. The summed E-state index contributed by atoms with van der Waals surface area (Å²) >= 11 is 0. The molecule has 3 unspecified atom stereocenters. The smallest absolute Gasteiger partial charge is 0.309 e. The number of carboxylic acids is 1. The average molecular weight is 461 g/mol. The Bertz CT molecular complexity index is 834. The highest BCUT2D eigenvalue weighted by Crippen LogP contribution is 2.42. The highest BCUT2D eigenvalue weighted by molar-refractivity contribution is 5.79. The maximum Gasteiger partial charge on any atom is 0.309 e. The van der Waals surface area contributed by atoms with Crippen LogP contribution in [0.15, 0.2) is 30.4 Å². The molecule has 1 fully saturated rings. The van der Waals surface area contributed by atoms with Gasteiger partial charge in [0.2, 0.25) is 12.7 Å². The minimum absolute atomic E-state index is 0.0229. The van der Waals surface area contributed by atoms with Crippen molar-refractivity contribution in [1.29, 1.82) is 0 Å². The molecule has 1 amide bonds. The summed E-state index contributed by atoms with van der Waals surface area (Å²) in [5.41, 5.74) is 0.845. The number of carboxylic acid groups (broad SMARTS) is 1. The molecule has 3 rings (SSSR count). The molecule has 2 aliphatic heterocycles. The quantitative estimate of drug-likeness (QED) is 0.463. The van der Waals surface area contributed by atoms with Crippen molar-refractivity contribution in [3.8, 4) is 11.5 Å². The molecule has 8 heteroatoms. The van der Waals surface area contributed by atoms with E-state index in [4.69, 9.17) is 9.47 Å². The molecule has 0 radical (unpaired) electrons. The molecular weight excluding hydrogens is 424 g/mol. The van der Waals surface area contributed by atoms with Crippen LogP contribution >= 0.6 is 0 Å². The Kier molecular flexibility index (Phi) is 9.14. The molecule has 1 saturated heterocycles. The molecule has 1 aromatic rings. The van der Waals surface area contributed by atoms with Crippen LogP contribution < -0.4 is 9.47 Å². The molecule has 33 heavy (non-hydrogen) atoms. The molecule has 2 N–H and O–H groups in total. The first-order valence-electron chi connectivity index (χ1n) is 11.9. The molecular formula is C25H36N2O6. The number of amides is 1. The summed E-state index contributed by atoms with van der Waals surface area (Å²) in [6.45, 7) is 6.19. The summed E-state index contributed by atoms with van der Waals surface area (Å²) < 4.78 is 10.9. The second-order valence-electron chi connectivity index (χ2n) is 8.70. The van der Waals surface area contributed by atoms with E-state index in [2.05, 4.69) is 13.8 Å². The first kappa shape index (κ1) is 25.1. The monoisotopic (exact) mass is 460 g/mol. The second-order valence-corrected chi connectivity index (χ2v) is 8.70. The van der Waals surface area contributed by atoms with Crippen LogP contribution in [0.3, 0.4) is 0 Å². The summed E-state index contributed by atoms with van der Waals surface area (Å²) in [6, 6.07) is 5.03. The summed E-state index contributed by atoms with van der Waals surface area (Å²) in [5.74, 6) is -0.712. The van der Waals surface area contributed by atoms with Crippen LogP contribution in [0, 0.1) is 5.92 Å². The topological polar surface area (TPSA) is 99.5 Å². The van der Waals surface area contributed by atoms with Crippen LogP contribution in [0.4, 0.5) is 0 Å². The number of aliphatic hydroxyl groups excluding tert-OH is 1. The number of aliphatic hydroxyl groups is 1. The first-order chi connectivity index (χ1) is 16.0. The van der Waals surface area contributed by atoms with Gasteiger partial charge >= 0.3 is 5.97 Å². The minimum atomic E-state index is -0.922. The predicted molar refractivity (Wildman–Crippen MR) is 124 cm³/mol. The number of nitrogens with zero attached hydrogens (tertiary/aromatic N) is 2. The largest absolute Gasteiger partial charge is 0.481 e. The third-order valence-electron chi connectivity index (χ3n) is 6.46. The molecule has 0 spiro atoms. The highest BCUT2D eigenvalue weighted by Gasteiger charge is 2.46. The maximum atomic E-state index is 13.2. The fourth-order valence-electron chi connectivity index (χ4n) is 4.67. The Labute approximate surface area is 195 Å². The van der Waals surface area contributed by atoms with E-state index in [1.807, 2.05) is 21.9 Å². The number of aliphatic carboxylic acids is 1. The van der Waals surface area contributed by atoms with Crippen molar-refractivity contribution >= 4 is 11.9 Å². The van der Waals surface area contributed by atoms with Crippen LogP contribution in [0.25, 0.3) is 0 Å². The zero-order valence-corrected chi connectivity index (χ0v) is 19.6. The van der Waals surface area contributed by atoms with Gasteiger partial charge in [0.15, 0.2) is 11.5 Å². The zero-order valence-electron chi connectivity index (χ0n) is 19.6. The maximum absolute atomic E-state index is 13.2. The summed E-state index contributed by atoms with van der Waals surface area (Å²) in [4.78, 5) is 29.4. The fourth-order valence-corrected chi connectivity index (χ4v) is 4.67. The van der Waals surface area contributed by atoms with Crippen molar-refractivity contribution in [2.24, 2.45) is 5.92 Å². The summed E-state index contributed by atoms with van der Waals surface area (Å²) in [7, 11) is 0. The van der Waals surface area contributed by atoms with Crippen LogP contribution in [0.1, 0.15) is 51.0 Å². The van der Waals surface area contributed by atoms with E-state index in [0.717, 1.165) is 31.2 Å². The van der Waals surface area contributed by atoms with Gasteiger partial charge in [0.05, 0.1) is 19.1 Å². The molecule has 8 nitrogen and oxygen atoms in total. The molecule has 0 aromatic heterocycles. The molecule has 182 valence electrons. The Hall–Kier alpha value is -2.58. The standard InChI is InChI=1S/C25H36N2O6/c1-3-5-11-26(12-6-4-2)23(29)16-27-15-19(24(25(30)31)20(27)8-7-13-28)18-9-10-21-22(14-18)33-17-32-21/h7-10,14,19-20,24,28H,3-6,11-13,15-17H2,1-2H3,(H,30,31). The third-order valence-corrected chi connectivity index (χ3v) is 6.46. The summed E-state index contributed by atoms with van der Waals surface area (Å²) in [5, 5.41) is 19.5. The Balaban J connectivity index is 1.85. The Morgan fingerprint density at radius 2 is 1.85 bits per heavy atom. The molecule has 3 atom stereocenters. The van der Waals surface area contributed by atoms with Crippen LogP contribution in [0.2, 0.25) is 0 Å². The van der Waals surface area contributed by atoms with Gasteiger partial charge in [-0.05, 0) is 30.5 Å². The van der Waals surface area contributed by atoms with Crippen LogP contribution in [0.5, 0.6) is 11.5 Å². The van der Waals surface area contributed by atoms with Crippen molar-refractivity contribution in [3.05, 3.63) is 35.9 Å². The van der Waals surface area contributed by atoms with Gasteiger partial charge in [-0.25, -0.2) is 0 Å². The van der Waals surface area contributed by atoms with Gasteiger partial charge in [-0.2, -0.15) is 0 Å². The molecule has 0 saturated carbocycles. The number of benzene rings is 1. The van der Waals surface area contributed by atoms with Crippen molar-refractivity contribution in [2.75, 3.05) is 39.6 Å². The van der Waals surface area contributed by atoms with Crippen molar-refractivity contribution < 1.29 is 29.3 Å². The van der Waals surface area contributed by atoms with Gasteiger partial charge < -0.3 is 24.6 Å². The average Bonchev–Trinajstić information content (AvgIpc) is 3.41. The molecule has 2 aliphatic rings. The van der Waals surface area contributed by atoms with Gasteiger partial charge in [0.1, 0.15) is 0 Å². The van der Waals surface area contributed by atoms with E-state index >= 15 is 0 Å². The van der Waals surface area contributed by atoms with E-state index in [0.29, 0.717) is 31.1 Å². The number of unbranched alkanes of at least 4 members (excludes halogenated alkanes) is 2. The lowest BCUT2D eigenvalue weighted by atomic mass is 9.85. The summed E-state index contributed by atoms with van der Waals surface area (Å²) in [6.07, 6.45) is 7.19. The number of ether oxygens (including phenoxy) is 2. The van der Waals surface area contributed by atoms with Crippen LogP contribution in [-0.2, 0) is 9.59 Å². The number of fused-ring (bicyclic) bond motifs is 1. The lowest BCUT2D eigenvalue weighted by Crippen LogP contribution is -2.44. The van der Waals surface area contributed by atoms with E-state index < -0.39 is 17.9 Å². The molecule has 1 aromatic carbocycles. The second kappa shape index (κ2) is 12.0. The minimum Gasteiger partial charge on any atom is -0.481 e. The van der Waals surface area contributed by atoms with E-state index in [1.54, 1.807) is 18.2 Å². The number of carbonyl (C=O) groups is 2. The molecule has 2 heterocycles. The normalized spacial score (nSPS) is 22.2. The van der Waals surface area contributed by atoms with E-state index in [9.17, 15) is 19.8 Å². The van der Waals surface area contributed by atoms with Gasteiger partial charge in [0, 0.05) is 31.6 Å². The lowest BCUT2D eigenvalue weighted by Gasteiger charge is -2.28. The van der Waals surface area contributed by atoms with Gasteiger partial charge in [0.25, 0.3) is 0 Å². The van der Waals surface area contributed by atoms with E-state index in [1.165, 1.54) is 0 Å². The van der Waals surface area contributed by atoms with E-state index in [-0.39, 0.29) is 31.8 Å². The number of hydrogen-bond donors (Lipinski definition) is 2. The number of likely N-dealkylation sites (tertiary alicyclic amines) is 1. The number of hydrogen-bond acceptors (Lipinski definition) is 6. The highest BCUT2D eigenvalue weighted by atomic mass is 16.7. The van der Waals surface area contributed by atoms with Crippen molar-refractivity contribution in [2.45, 2.75) is 51.5 Å². The van der Waals surface area contributed by atoms with Crippen LogP contribution in [-0.4, -0.2) is 77.5 Å². The molecule has 0 aliphatic carbocycles. The van der Waals surface area contributed by atoms with Gasteiger partial charge in [-0.15, -0.1) is 0 Å². The number of carbonyl (C=O) groups excluding carboxylic acids is 1. The van der Waals surface area contributed by atoms with Crippen molar-refractivity contribution in [1.82, 2.24) is 9.80 Å². The Morgan fingerprint density at radius 3 is 2.48 bits per heavy atom. The Morgan fingerprint density at radius 1 is 1.15 bits per heavy atom. The third kappa shape index (κ3) is 6.06. The molecule has 0 bridgehead atoms. The predicted octanol–water partition coefficient (Wildman–Crippen LogP) is 2.86. The zero-order chi connectivity index (χ0) is 23.8. The fraction of sp³-hybridized carbons (Fsp3) is 0.600. The van der Waals surface area contributed by atoms with Crippen molar-refractivity contribution in [3.63, 3.8) is 0 Å². The first-order valence-corrected chi connectivity index (χ1v) is 11.9. The lowest BCUT2D eigenvalue weighted by molar-refractivity contribution is -0.143. The number of rotatable bonds is 12. The van der Waals surface area contributed by atoms with Gasteiger partial charge in [-0.1, -0.05) is 44.9 Å². The van der Waals surface area contributed by atoms with Gasteiger partial charge in [-0.3, -0.25) is 14.5 Å².